The zero-order valence-electron chi connectivity index (χ0n) is 16.1. The first-order valence-corrected chi connectivity index (χ1v) is 11.3. The van der Waals surface area contributed by atoms with Crippen molar-refractivity contribution in [3.05, 3.63) is 48.5 Å². The lowest BCUT2D eigenvalue weighted by Crippen LogP contribution is -2.72. The van der Waals surface area contributed by atoms with Gasteiger partial charge in [0.15, 0.2) is 5.69 Å². The fraction of sp³-hybridized carbons (Fsp3) is 0.200. The van der Waals surface area contributed by atoms with Crippen molar-refractivity contribution in [2.45, 2.75) is 23.6 Å². The highest BCUT2D eigenvalue weighted by molar-refractivity contribution is 7.99. The average molecular weight is 434 g/mol. The average Bonchev–Trinajstić information content (AvgIpc) is 2.66. The summed E-state index contributed by atoms with van der Waals surface area (Å²) in [5, 5.41) is 4.72. The summed E-state index contributed by atoms with van der Waals surface area (Å²) in [6.07, 6.45) is 0. The Bertz CT molecular complexity index is 1140. The van der Waals surface area contributed by atoms with E-state index in [-0.39, 0.29) is 0 Å². The molecule has 1 aliphatic heterocycles. The van der Waals surface area contributed by atoms with Crippen molar-refractivity contribution >= 4 is 55.7 Å². The van der Waals surface area contributed by atoms with Gasteiger partial charge >= 0.3 is 0 Å². The number of hydrogen-bond acceptors (Lipinski definition) is 6. The normalized spacial score (nSPS) is 12.6. The molecule has 0 aliphatic carbocycles. The minimum Gasteiger partial charge on any atom is -0.726 e. The van der Waals surface area contributed by atoms with Crippen molar-refractivity contribution in [1.29, 1.82) is 0 Å². The van der Waals surface area contributed by atoms with E-state index in [1.807, 2.05) is 11.8 Å². The molecule has 0 bridgehead atoms. The van der Waals surface area contributed by atoms with Crippen molar-refractivity contribution < 1.29 is 22.8 Å². The molecule has 3 aromatic rings. The number of nitrogens with zero attached hydrogens (tertiary/aromatic N) is 1. The van der Waals surface area contributed by atoms with E-state index in [1.54, 1.807) is 0 Å². The van der Waals surface area contributed by atoms with Crippen LogP contribution < -0.4 is 16.0 Å². The topological polar surface area (TPSA) is 123 Å². The van der Waals surface area contributed by atoms with E-state index in [2.05, 4.69) is 72.6 Å². The fourth-order valence-electron chi connectivity index (χ4n) is 3.52. The Morgan fingerprint density at radius 1 is 1.10 bits per heavy atom. The van der Waals surface area contributed by atoms with Gasteiger partial charge in [-0.25, -0.2) is 8.42 Å². The number of nitrogen functional groups attached to an aromatic ring is 1. The molecule has 1 aliphatic rings. The zero-order chi connectivity index (χ0) is 21.2. The van der Waals surface area contributed by atoms with Crippen molar-refractivity contribution in [1.82, 2.24) is 0 Å². The second-order valence-corrected chi connectivity index (χ2v) is 8.40. The van der Waals surface area contributed by atoms with Crippen molar-refractivity contribution in [3.8, 4) is 0 Å². The Balaban J connectivity index is 0.000000431. The van der Waals surface area contributed by atoms with E-state index < -0.39 is 10.4 Å². The van der Waals surface area contributed by atoms with Gasteiger partial charge in [-0.05, 0) is 38.1 Å². The summed E-state index contributed by atoms with van der Waals surface area (Å²) < 4.78 is 32.8. The highest BCUT2D eigenvalue weighted by Crippen LogP contribution is 2.45. The van der Waals surface area contributed by atoms with E-state index in [4.69, 9.17) is 23.3 Å². The van der Waals surface area contributed by atoms with Gasteiger partial charge in [-0.15, -0.1) is 0 Å². The quantitative estimate of drug-likeness (QED) is 0.257. The maximum Gasteiger partial charge on any atom is 0.215 e. The van der Waals surface area contributed by atoms with Gasteiger partial charge in [-0.3, -0.25) is 9.87 Å². The predicted molar refractivity (Wildman–Crippen MR) is 116 cm³/mol. The third-order valence-corrected chi connectivity index (χ3v) is 5.87. The molecular formula is C20H23N3O4S2. The molecular weight excluding hydrogens is 410 g/mol. The maximum absolute atomic E-state index is 8.63. The summed E-state index contributed by atoms with van der Waals surface area (Å²) in [5.41, 5.74) is 11.2. The summed E-state index contributed by atoms with van der Waals surface area (Å²) in [6, 6.07) is 17.2. The molecule has 0 saturated heterocycles. The minimum atomic E-state index is -4.92. The van der Waals surface area contributed by atoms with Crippen LogP contribution in [-0.2, 0) is 10.4 Å². The Morgan fingerprint density at radius 3 is 2.41 bits per heavy atom. The lowest BCUT2D eigenvalue weighted by atomic mass is 10.0. The predicted octanol–water partition coefficient (Wildman–Crippen LogP) is 3.26. The highest BCUT2D eigenvalue weighted by atomic mass is 32.3. The van der Waals surface area contributed by atoms with Crippen LogP contribution in [0.1, 0.15) is 13.8 Å². The van der Waals surface area contributed by atoms with Crippen LogP contribution in [0.2, 0.25) is 0 Å². The van der Waals surface area contributed by atoms with E-state index in [0.717, 1.165) is 18.8 Å². The van der Waals surface area contributed by atoms with E-state index in [1.165, 1.54) is 37.6 Å². The number of para-hydroxylation sites is 1. The lowest BCUT2D eigenvalue weighted by molar-refractivity contribution is -0.483. The van der Waals surface area contributed by atoms with Gasteiger partial charge in [-0.1, -0.05) is 30.0 Å². The molecule has 0 saturated carbocycles. The second kappa shape index (κ2) is 8.60. The molecule has 0 atom stereocenters. The Hall–Kier alpha value is -2.30. The molecule has 5 N–H and O–H groups in total. The number of rotatable bonds is 3. The monoisotopic (exact) mass is 433 g/mol. The van der Waals surface area contributed by atoms with Gasteiger partial charge < -0.3 is 15.2 Å². The Labute approximate surface area is 174 Å². The van der Waals surface area contributed by atoms with Gasteiger partial charge in [0, 0.05) is 41.3 Å². The third kappa shape index (κ3) is 4.82. The Kier molecular flexibility index (Phi) is 6.35. The first-order chi connectivity index (χ1) is 13.7. The third-order valence-electron chi connectivity index (χ3n) is 4.72. The number of nitrogens with two attached hydrogens (primary N) is 2. The largest absolute Gasteiger partial charge is 0.726 e. The second-order valence-electron chi connectivity index (χ2n) is 6.46. The standard InChI is InChI=1S/C20H21N3S.H2O4S/c1-3-23(4-2)16-10-7-8-13-19(16)14(21)12-18-20(13)22-15-9-5-6-11-17(15)24-18;1-5(2,3)4/h5-12,22H,3-4,21H2,1-2H3;(H2,1,2,3,4). The molecule has 4 rings (SSSR count). The molecule has 29 heavy (non-hydrogen) atoms. The van der Waals surface area contributed by atoms with Crippen LogP contribution in [0.4, 0.5) is 22.7 Å². The SMILES string of the molecule is CCN(CC)c1cccc2c3c(cc(N)c12)Sc1ccccc1[NH2+]3.O=S(=O)([O-])O. The van der Waals surface area contributed by atoms with Crippen molar-refractivity contribution in [2.24, 2.45) is 0 Å². The molecule has 7 nitrogen and oxygen atoms in total. The number of benzene rings is 3. The summed E-state index contributed by atoms with van der Waals surface area (Å²) >= 11 is 1.81. The van der Waals surface area contributed by atoms with Gasteiger partial charge in [0.2, 0.25) is 10.4 Å². The lowest BCUT2D eigenvalue weighted by Gasteiger charge is -2.25. The van der Waals surface area contributed by atoms with Crippen molar-refractivity contribution in [2.75, 3.05) is 23.7 Å². The molecule has 0 unspecified atom stereocenters. The number of anilines is 2. The van der Waals surface area contributed by atoms with Crippen LogP contribution in [0.15, 0.2) is 58.3 Å². The summed E-state index contributed by atoms with van der Waals surface area (Å²) in [6.45, 7) is 6.34. The molecule has 154 valence electrons. The molecule has 1 heterocycles. The van der Waals surface area contributed by atoms with E-state index in [0.29, 0.717) is 0 Å². The van der Waals surface area contributed by atoms with E-state index >= 15 is 0 Å². The van der Waals surface area contributed by atoms with Crippen LogP contribution in [0.5, 0.6) is 0 Å². The van der Waals surface area contributed by atoms with Gasteiger partial charge in [0.05, 0.1) is 9.79 Å². The van der Waals surface area contributed by atoms with Gasteiger partial charge in [-0.2, -0.15) is 0 Å². The molecule has 0 fully saturated rings. The minimum absolute atomic E-state index is 0.867. The summed E-state index contributed by atoms with van der Waals surface area (Å²) in [5.74, 6) is 0. The molecule has 9 heteroatoms. The smallest absolute Gasteiger partial charge is 0.215 e. The number of hydrogen-bond donors (Lipinski definition) is 3. The van der Waals surface area contributed by atoms with Crippen LogP contribution in [0, 0.1) is 0 Å². The van der Waals surface area contributed by atoms with Crippen LogP contribution in [-0.4, -0.2) is 30.6 Å². The highest BCUT2D eigenvalue weighted by Gasteiger charge is 2.25. The Morgan fingerprint density at radius 2 is 1.76 bits per heavy atom. The molecule has 0 radical (unpaired) electrons. The van der Waals surface area contributed by atoms with Crippen molar-refractivity contribution in [3.63, 3.8) is 0 Å². The van der Waals surface area contributed by atoms with Gasteiger partial charge in [0.25, 0.3) is 0 Å². The van der Waals surface area contributed by atoms with Crippen LogP contribution in [0.3, 0.4) is 0 Å². The number of fused-ring (bicyclic) bond motifs is 4. The number of quaternary nitrogens is 1. The fourth-order valence-corrected chi connectivity index (χ4v) is 4.61. The molecule has 0 spiro atoms. The van der Waals surface area contributed by atoms with Gasteiger partial charge in [0.1, 0.15) is 5.69 Å². The first-order valence-electron chi connectivity index (χ1n) is 9.13. The maximum atomic E-state index is 8.63. The molecule has 3 aromatic carbocycles. The van der Waals surface area contributed by atoms with Crippen LogP contribution in [0.25, 0.3) is 10.8 Å². The van der Waals surface area contributed by atoms with Crippen LogP contribution >= 0.6 is 11.8 Å². The first kappa shape index (κ1) is 21.4. The molecule has 0 amide bonds. The molecule has 0 aromatic heterocycles. The van der Waals surface area contributed by atoms with E-state index in [9.17, 15) is 0 Å². The summed E-state index contributed by atoms with van der Waals surface area (Å²) in [7, 11) is -4.92. The summed E-state index contributed by atoms with van der Waals surface area (Å²) in [4.78, 5) is 4.91. The zero-order valence-corrected chi connectivity index (χ0v) is 17.8.